The van der Waals surface area contributed by atoms with E-state index < -0.39 is 6.04 Å². The van der Waals surface area contributed by atoms with Crippen molar-refractivity contribution in [3.05, 3.63) is 47.6 Å². The first-order chi connectivity index (χ1) is 10.1. The Morgan fingerprint density at radius 2 is 2.29 bits per heavy atom. The molecule has 0 aliphatic heterocycles. The van der Waals surface area contributed by atoms with Gasteiger partial charge in [-0.3, -0.25) is 13.9 Å². The van der Waals surface area contributed by atoms with E-state index in [1.54, 1.807) is 13.1 Å². The van der Waals surface area contributed by atoms with E-state index in [1.807, 2.05) is 28.8 Å². The van der Waals surface area contributed by atoms with Gasteiger partial charge in [0.1, 0.15) is 6.04 Å². The molecule has 0 bridgehead atoms. The Bertz CT molecular complexity index is 780. The van der Waals surface area contributed by atoms with Crippen LogP contribution in [0.15, 0.2) is 36.8 Å². The number of rotatable bonds is 4. The van der Waals surface area contributed by atoms with Crippen LogP contribution >= 0.6 is 11.6 Å². The Balaban J connectivity index is 1.68. The van der Waals surface area contributed by atoms with E-state index in [2.05, 4.69) is 20.6 Å². The number of amides is 1. The van der Waals surface area contributed by atoms with E-state index in [0.717, 1.165) is 5.65 Å². The number of fused-ring (bicyclic) bond motifs is 1. The second-order valence-electron chi connectivity index (χ2n) is 4.58. The lowest BCUT2D eigenvalue weighted by Crippen LogP contribution is -2.31. The molecule has 0 fully saturated rings. The van der Waals surface area contributed by atoms with Gasteiger partial charge in [0.15, 0.2) is 11.5 Å². The Morgan fingerprint density at radius 1 is 1.43 bits per heavy atom. The number of aromatic nitrogens is 5. The first-order valence-corrected chi connectivity index (χ1v) is 6.79. The van der Waals surface area contributed by atoms with E-state index >= 15 is 0 Å². The smallest absolute Gasteiger partial charge is 0.244 e. The van der Waals surface area contributed by atoms with Gasteiger partial charge in [-0.1, -0.05) is 17.7 Å². The molecule has 21 heavy (non-hydrogen) atoms. The van der Waals surface area contributed by atoms with Gasteiger partial charge in [0.25, 0.3) is 0 Å². The minimum Gasteiger partial charge on any atom is -0.347 e. The molecule has 3 heterocycles. The maximum atomic E-state index is 12.1. The largest absolute Gasteiger partial charge is 0.347 e. The number of halogens is 1. The standard InChI is InChI=1S/C13H13ClN6O/c1-9(20-8-10(14)6-16-20)13(21)15-7-12-18-17-11-4-2-3-5-19(11)12/h2-6,8-9H,7H2,1H3,(H,15,21). The molecule has 3 rings (SSSR count). The fraction of sp³-hybridized carbons (Fsp3) is 0.231. The second kappa shape index (κ2) is 5.53. The van der Waals surface area contributed by atoms with Crippen molar-refractivity contribution in [2.24, 2.45) is 0 Å². The molecule has 0 aliphatic rings. The SMILES string of the molecule is CC(C(=O)NCc1nnc2ccccn12)n1cc(Cl)cn1. The average Bonchev–Trinajstić information content (AvgIpc) is 3.10. The molecule has 0 saturated carbocycles. The van der Waals surface area contributed by atoms with Crippen molar-refractivity contribution in [3.63, 3.8) is 0 Å². The van der Waals surface area contributed by atoms with Crippen LogP contribution in [0.25, 0.3) is 5.65 Å². The molecule has 1 amide bonds. The summed E-state index contributed by atoms with van der Waals surface area (Å²) in [6.45, 7) is 2.05. The molecule has 108 valence electrons. The molecule has 1 unspecified atom stereocenters. The van der Waals surface area contributed by atoms with Crippen LogP contribution in [0, 0.1) is 0 Å². The lowest BCUT2D eigenvalue weighted by molar-refractivity contribution is -0.124. The highest BCUT2D eigenvalue weighted by Crippen LogP contribution is 2.11. The third kappa shape index (κ3) is 2.73. The predicted octanol–water partition coefficient (Wildman–Crippen LogP) is 1.46. The van der Waals surface area contributed by atoms with E-state index in [-0.39, 0.29) is 5.91 Å². The van der Waals surface area contributed by atoms with Gasteiger partial charge in [-0.15, -0.1) is 10.2 Å². The van der Waals surface area contributed by atoms with Crippen LogP contribution in [0.3, 0.4) is 0 Å². The quantitative estimate of drug-likeness (QED) is 0.791. The minimum absolute atomic E-state index is 0.164. The molecule has 0 spiro atoms. The summed E-state index contributed by atoms with van der Waals surface area (Å²) in [7, 11) is 0. The van der Waals surface area contributed by atoms with Crippen molar-refractivity contribution < 1.29 is 4.79 Å². The first kappa shape index (κ1) is 13.6. The maximum Gasteiger partial charge on any atom is 0.244 e. The van der Waals surface area contributed by atoms with Gasteiger partial charge in [-0.2, -0.15) is 5.10 Å². The van der Waals surface area contributed by atoms with Crippen molar-refractivity contribution in [1.82, 2.24) is 29.7 Å². The number of carbonyl (C=O) groups excluding carboxylic acids is 1. The highest BCUT2D eigenvalue weighted by Gasteiger charge is 2.16. The van der Waals surface area contributed by atoms with Gasteiger partial charge in [0, 0.05) is 12.4 Å². The summed E-state index contributed by atoms with van der Waals surface area (Å²) in [6.07, 6.45) is 4.96. The summed E-state index contributed by atoms with van der Waals surface area (Å²) >= 11 is 5.80. The molecule has 0 aliphatic carbocycles. The summed E-state index contributed by atoms with van der Waals surface area (Å²) in [5.74, 6) is 0.507. The molecular weight excluding hydrogens is 292 g/mol. The number of hydrogen-bond acceptors (Lipinski definition) is 4. The predicted molar refractivity (Wildman–Crippen MR) is 76.8 cm³/mol. The highest BCUT2D eigenvalue weighted by atomic mass is 35.5. The van der Waals surface area contributed by atoms with Crippen LogP contribution < -0.4 is 5.32 Å². The molecule has 0 aromatic carbocycles. The van der Waals surface area contributed by atoms with Gasteiger partial charge < -0.3 is 5.32 Å². The summed E-state index contributed by atoms with van der Waals surface area (Å²) in [5.41, 5.74) is 0.744. The summed E-state index contributed by atoms with van der Waals surface area (Å²) in [6, 6.07) is 5.18. The zero-order valence-electron chi connectivity index (χ0n) is 11.3. The molecule has 3 aromatic heterocycles. The van der Waals surface area contributed by atoms with Crippen LogP contribution in [0.5, 0.6) is 0 Å². The van der Waals surface area contributed by atoms with Crippen LogP contribution in [0.4, 0.5) is 0 Å². The van der Waals surface area contributed by atoms with E-state index in [9.17, 15) is 4.79 Å². The number of pyridine rings is 1. The summed E-state index contributed by atoms with van der Waals surface area (Å²) in [5, 5.41) is 15.4. The number of hydrogen-bond donors (Lipinski definition) is 1. The molecular formula is C13H13ClN6O. The van der Waals surface area contributed by atoms with Crippen LogP contribution in [-0.2, 0) is 11.3 Å². The van der Waals surface area contributed by atoms with Crippen molar-refractivity contribution in [3.8, 4) is 0 Å². The van der Waals surface area contributed by atoms with Gasteiger partial charge in [-0.25, -0.2) is 0 Å². The molecule has 1 atom stereocenters. The lowest BCUT2D eigenvalue weighted by atomic mass is 10.3. The van der Waals surface area contributed by atoms with Crippen molar-refractivity contribution >= 4 is 23.2 Å². The van der Waals surface area contributed by atoms with Gasteiger partial charge in [-0.05, 0) is 19.1 Å². The summed E-state index contributed by atoms with van der Waals surface area (Å²) in [4.78, 5) is 12.1. The lowest BCUT2D eigenvalue weighted by Gasteiger charge is -2.11. The fourth-order valence-electron chi connectivity index (χ4n) is 1.97. The topological polar surface area (TPSA) is 77.1 Å². The average molecular weight is 305 g/mol. The van der Waals surface area contributed by atoms with Crippen molar-refractivity contribution in [2.45, 2.75) is 19.5 Å². The van der Waals surface area contributed by atoms with Crippen LogP contribution in [0.1, 0.15) is 18.8 Å². The van der Waals surface area contributed by atoms with Crippen LogP contribution in [0.2, 0.25) is 5.02 Å². The Morgan fingerprint density at radius 3 is 3.05 bits per heavy atom. The Kier molecular flexibility index (Phi) is 3.57. The van der Waals surface area contributed by atoms with E-state index in [1.165, 1.54) is 10.9 Å². The molecule has 0 saturated heterocycles. The molecule has 8 heteroatoms. The summed E-state index contributed by atoms with van der Waals surface area (Å²) < 4.78 is 3.34. The van der Waals surface area contributed by atoms with E-state index in [0.29, 0.717) is 17.4 Å². The van der Waals surface area contributed by atoms with Gasteiger partial charge in [0.05, 0.1) is 17.8 Å². The molecule has 0 radical (unpaired) electrons. The third-order valence-corrected chi connectivity index (χ3v) is 3.35. The first-order valence-electron chi connectivity index (χ1n) is 6.41. The monoisotopic (exact) mass is 304 g/mol. The third-order valence-electron chi connectivity index (χ3n) is 3.15. The van der Waals surface area contributed by atoms with Crippen molar-refractivity contribution in [2.75, 3.05) is 0 Å². The zero-order valence-corrected chi connectivity index (χ0v) is 12.0. The Labute approximate surface area is 125 Å². The minimum atomic E-state index is -0.448. The highest BCUT2D eigenvalue weighted by molar-refractivity contribution is 6.30. The van der Waals surface area contributed by atoms with Crippen molar-refractivity contribution in [1.29, 1.82) is 0 Å². The number of nitrogens with zero attached hydrogens (tertiary/aromatic N) is 5. The van der Waals surface area contributed by atoms with Gasteiger partial charge in [0.2, 0.25) is 5.91 Å². The van der Waals surface area contributed by atoms with Crippen LogP contribution in [-0.4, -0.2) is 30.3 Å². The maximum absolute atomic E-state index is 12.1. The molecule has 7 nitrogen and oxygen atoms in total. The second-order valence-corrected chi connectivity index (χ2v) is 5.01. The zero-order chi connectivity index (χ0) is 14.8. The Hall–Kier alpha value is -2.41. The number of nitrogens with one attached hydrogen (secondary N) is 1. The van der Waals surface area contributed by atoms with E-state index in [4.69, 9.17) is 11.6 Å². The van der Waals surface area contributed by atoms with Gasteiger partial charge >= 0.3 is 0 Å². The number of carbonyl (C=O) groups is 1. The normalized spacial score (nSPS) is 12.5. The molecule has 3 aromatic rings. The molecule has 1 N–H and O–H groups in total. The fourth-order valence-corrected chi connectivity index (χ4v) is 2.12.